The molecule has 1 N–H and O–H groups in total. The van der Waals surface area contributed by atoms with E-state index in [9.17, 15) is 12.8 Å². The fraction of sp³-hybridized carbons (Fsp3) is 0. The maximum atomic E-state index is 13.1. The van der Waals surface area contributed by atoms with Gasteiger partial charge in [0.15, 0.2) is 0 Å². The molecule has 2 aromatic rings. The molecular formula is C12H8BrClFNO2S. The molecule has 100 valence electrons. The zero-order chi connectivity index (χ0) is 14.0. The van der Waals surface area contributed by atoms with Gasteiger partial charge in [0.2, 0.25) is 0 Å². The number of benzene rings is 2. The summed E-state index contributed by atoms with van der Waals surface area (Å²) in [5.41, 5.74) is 0.0741. The molecule has 0 radical (unpaired) electrons. The predicted octanol–water partition coefficient (Wildman–Crippen LogP) is 4.04. The van der Waals surface area contributed by atoms with Crippen LogP contribution in [0.25, 0.3) is 0 Å². The Hall–Kier alpha value is -1.11. The lowest BCUT2D eigenvalue weighted by Gasteiger charge is -2.08. The first-order valence-electron chi connectivity index (χ1n) is 5.11. The Bertz CT molecular complexity index is 701. The number of rotatable bonds is 3. The molecule has 0 saturated heterocycles. The second kappa shape index (κ2) is 5.48. The average molecular weight is 365 g/mol. The van der Waals surface area contributed by atoms with Gasteiger partial charge in [-0.1, -0.05) is 33.6 Å². The van der Waals surface area contributed by atoms with E-state index in [1.807, 2.05) is 0 Å². The smallest absolute Gasteiger partial charge is 0.261 e. The first-order chi connectivity index (χ1) is 8.87. The molecule has 0 aliphatic heterocycles. The van der Waals surface area contributed by atoms with Gasteiger partial charge in [0.1, 0.15) is 5.82 Å². The van der Waals surface area contributed by atoms with Gasteiger partial charge in [0.05, 0.1) is 10.6 Å². The van der Waals surface area contributed by atoms with Crippen LogP contribution in [-0.4, -0.2) is 8.42 Å². The van der Waals surface area contributed by atoms with Crippen LogP contribution in [0.2, 0.25) is 5.02 Å². The van der Waals surface area contributed by atoms with Gasteiger partial charge in [0.25, 0.3) is 10.0 Å². The van der Waals surface area contributed by atoms with E-state index in [0.29, 0.717) is 4.47 Å². The second-order valence-electron chi connectivity index (χ2n) is 3.72. The minimum Gasteiger partial charge on any atom is -0.279 e. The number of hydrogen-bond acceptors (Lipinski definition) is 2. The Morgan fingerprint density at radius 3 is 2.53 bits per heavy atom. The highest BCUT2D eigenvalue weighted by molar-refractivity contribution is 9.10. The van der Waals surface area contributed by atoms with Crippen molar-refractivity contribution in [1.82, 2.24) is 0 Å². The Balaban J connectivity index is 2.36. The standard InChI is InChI=1S/C12H8BrClFNO2S/c13-8-2-1-3-12(4-8)19(17,18)16-11-6-9(14)5-10(15)7-11/h1-7,16H. The van der Waals surface area contributed by atoms with Gasteiger partial charge in [-0.05, 0) is 36.4 Å². The molecule has 0 atom stereocenters. The van der Waals surface area contributed by atoms with Crippen molar-refractivity contribution in [3.63, 3.8) is 0 Å². The summed E-state index contributed by atoms with van der Waals surface area (Å²) >= 11 is 8.86. The van der Waals surface area contributed by atoms with E-state index in [4.69, 9.17) is 11.6 Å². The molecule has 0 saturated carbocycles. The van der Waals surface area contributed by atoms with Crippen LogP contribution in [0.1, 0.15) is 0 Å². The van der Waals surface area contributed by atoms with E-state index in [-0.39, 0.29) is 15.6 Å². The van der Waals surface area contributed by atoms with E-state index < -0.39 is 15.8 Å². The van der Waals surface area contributed by atoms with Gasteiger partial charge in [-0.25, -0.2) is 12.8 Å². The lowest BCUT2D eigenvalue weighted by atomic mass is 10.3. The van der Waals surface area contributed by atoms with Gasteiger partial charge in [-0.2, -0.15) is 0 Å². The summed E-state index contributed by atoms with van der Waals surface area (Å²) in [4.78, 5) is 0.0715. The molecule has 3 nitrogen and oxygen atoms in total. The van der Waals surface area contributed by atoms with Crippen LogP contribution < -0.4 is 4.72 Å². The Morgan fingerprint density at radius 2 is 1.89 bits per heavy atom. The summed E-state index contributed by atoms with van der Waals surface area (Å²) in [6, 6.07) is 9.67. The van der Waals surface area contributed by atoms with Crippen molar-refractivity contribution in [3.8, 4) is 0 Å². The van der Waals surface area contributed by atoms with Gasteiger partial charge < -0.3 is 0 Å². The van der Waals surface area contributed by atoms with Crippen LogP contribution in [0.15, 0.2) is 51.8 Å². The summed E-state index contributed by atoms with van der Waals surface area (Å²) in [5, 5.41) is 0.118. The van der Waals surface area contributed by atoms with Crippen molar-refractivity contribution >= 4 is 43.2 Å². The van der Waals surface area contributed by atoms with E-state index >= 15 is 0 Å². The van der Waals surface area contributed by atoms with E-state index in [2.05, 4.69) is 20.7 Å². The Kier molecular flexibility index (Phi) is 4.13. The number of sulfonamides is 1. The Morgan fingerprint density at radius 1 is 1.16 bits per heavy atom. The van der Waals surface area contributed by atoms with Crippen molar-refractivity contribution in [2.75, 3.05) is 4.72 Å². The highest BCUT2D eigenvalue weighted by atomic mass is 79.9. The van der Waals surface area contributed by atoms with Crippen molar-refractivity contribution in [1.29, 1.82) is 0 Å². The number of nitrogens with one attached hydrogen (secondary N) is 1. The van der Waals surface area contributed by atoms with Gasteiger partial charge in [0, 0.05) is 9.50 Å². The molecular weight excluding hydrogens is 357 g/mol. The summed E-state index contributed by atoms with van der Waals surface area (Å²) < 4.78 is 40.2. The lowest BCUT2D eigenvalue weighted by Crippen LogP contribution is -2.13. The van der Waals surface area contributed by atoms with Crippen LogP contribution in [0.5, 0.6) is 0 Å². The van der Waals surface area contributed by atoms with E-state index in [0.717, 1.165) is 12.1 Å². The molecule has 7 heteroatoms. The molecule has 0 heterocycles. The third kappa shape index (κ3) is 3.68. The van der Waals surface area contributed by atoms with E-state index in [1.54, 1.807) is 12.1 Å². The molecule has 2 aromatic carbocycles. The average Bonchev–Trinajstić information content (AvgIpc) is 2.26. The molecule has 19 heavy (non-hydrogen) atoms. The van der Waals surface area contributed by atoms with Crippen molar-refractivity contribution in [2.45, 2.75) is 4.90 Å². The summed E-state index contributed by atoms with van der Waals surface area (Å²) in [6.45, 7) is 0. The zero-order valence-electron chi connectivity index (χ0n) is 9.40. The molecule has 0 unspecified atom stereocenters. The van der Waals surface area contributed by atoms with Crippen LogP contribution >= 0.6 is 27.5 Å². The largest absolute Gasteiger partial charge is 0.279 e. The number of halogens is 3. The summed E-state index contributed by atoms with van der Waals surface area (Å²) in [6.07, 6.45) is 0. The van der Waals surface area contributed by atoms with Crippen molar-refractivity contribution in [3.05, 3.63) is 57.8 Å². The quantitative estimate of drug-likeness (QED) is 0.893. The third-order valence-corrected chi connectivity index (χ3v) is 4.31. The van der Waals surface area contributed by atoms with Crippen molar-refractivity contribution < 1.29 is 12.8 Å². The maximum absolute atomic E-state index is 13.1. The topological polar surface area (TPSA) is 46.2 Å². The number of hydrogen-bond donors (Lipinski definition) is 1. The number of anilines is 1. The molecule has 0 aliphatic rings. The highest BCUT2D eigenvalue weighted by Gasteiger charge is 2.15. The molecule has 0 aliphatic carbocycles. The van der Waals surface area contributed by atoms with Crippen LogP contribution in [-0.2, 0) is 10.0 Å². The normalized spacial score (nSPS) is 11.3. The van der Waals surface area contributed by atoms with Crippen LogP contribution in [0.4, 0.5) is 10.1 Å². The minimum atomic E-state index is -3.77. The highest BCUT2D eigenvalue weighted by Crippen LogP contribution is 2.22. The molecule has 0 amide bonds. The fourth-order valence-corrected chi connectivity index (χ4v) is 3.32. The molecule has 0 fully saturated rings. The van der Waals surface area contributed by atoms with Gasteiger partial charge >= 0.3 is 0 Å². The lowest BCUT2D eigenvalue weighted by molar-refractivity contribution is 0.601. The van der Waals surface area contributed by atoms with Gasteiger partial charge in [-0.15, -0.1) is 0 Å². The SMILES string of the molecule is O=S(=O)(Nc1cc(F)cc(Cl)c1)c1cccc(Br)c1. The predicted molar refractivity (Wildman–Crippen MR) is 76.4 cm³/mol. The molecule has 0 bridgehead atoms. The molecule has 0 spiro atoms. The summed E-state index contributed by atoms with van der Waals surface area (Å²) in [7, 11) is -3.77. The molecule has 0 aromatic heterocycles. The maximum Gasteiger partial charge on any atom is 0.261 e. The first kappa shape index (κ1) is 14.3. The Labute approximate surface area is 123 Å². The fourth-order valence-electron chi connectivity index (χ4n) is 1.46. The summed E-state index contributed by atoms with van der Waals surface area (Å²) in [5.74, 6) is -0.612. The third-order valence-electron chi connectivity index (χ3n) is 2.22. The minimum absolute atomic E-state index is 0.0715. The zero-order valence-corrected chi connectivity index (χ0v) is 12.6. The van der Waals surface area contributed by atoms with Crippen LogP contribution in [0, 0.1) is 5.82 Å². The monoisotopic (exact) mass is 363 g/mol. The first-order valence-corrected chi connectivity index (χ1v) is 7.77. The van der Waals surface area contributed by atoms with E-state index in [1.165, 1.54) is 18.2 Å². The van der Waals surface area contributed by atoms with Crippen LogP contribution in [0.3, 0.4) is 0 Å². The van der Waals surface area contributed by atoms with Gasteiger partial charge in [-0.3, -0.25) is 4.72 Å². The van der Waals surface area contributed by atoms with Crippen molar-refractivity contribution in [2.24, 2.45) is 0 Å². The second-order valence-corrected chi connectivity index (χ2v) is 6.76. The molecule has 2 rings (SSSR count).